The van der Waals surface area contributed by atoms with Crippen LogP contribution >= 0.6 is 15.8 Å². The minimum atomic E-state index is 0.440. The molecule has 0 aromatic rings. The fourth-order valence-electron chi connectivity index (χ4n) is 4.26. The molecular weight excluding hydrogens is 278 g/mol. The summed E-state index contributed by atoms with van der Waals surface area (Å²) in [6.07, 6.45) is 21.8. The van der Waals surface area contributed by atoms with Crippen LogP contribution in [0.15, 0.2) is 0 Å². The Balaban J connectivity index is 1.80. The lowest BCUT2D eigenvalue weighted by molar-refractivity contribution is 0.690. The molecule has 20 heavy (non-hydrogen) atoms. The molecule has 0 nitrogen and oxygen atoms in total. The lowest BCUT2D eigenvalue weighted by Crippen LogP contribution is -2.19. The quantitative estimate of drug-likeness (QED) is 0.330. The molecule has 0 aromatic heterocycles. The summed E-state index contributed by atoms with van der Waals surface area (Å²) in [5.74, 6) is 0. The average Bonchev–Trinajstić information content (AvgIpc) is 3.08. The van der Waals surface area contributed by atoms with Gasteiger partial charge in [-0.3, -0.25) is 0 Å². The van der Waals surface area contributed by atoms with E-state index in [0.29, 0.717) is 15.8 Å². The predicted molar refractivity (Wildman–Crippen MR) is 98.4 cm³/mol. The normalized spacial score (nSPS) is 33.9. The molecule has 0 aromatic carbocycles. The third-order valence-electron chi connectivity index (χ3n) is 5.37. The molecule has 2 rings (SSSR count). The van der Waals surface area contributed by atoms with Crippen LogP contribution in [0.25, 0.3) is 0 Å². The van der Waals surface area contributed by atoms with Crippen molar-refractivity contribution in [2.24, 2.45) is 0 Å². The highest BCUT2D eigenvalue weighted by Gasteiger charge is 2.38. The predicted octanol–water partition coefficient (Wildman–Crippen LogP) is 6.66. The van der Waals surface area contributed by atoms with Crippen molar-refractivity contribution in [2.75, 3.05) is 24.6 Å². The zero-order valence-electron chi connectivity index (χ0n) is 13.9. The van der Waals surface area contributed by atoms with E-state index >= 15 is 0 Å². The first-order valence-electron chi connectivity index (χ1n) is 9.35. The largest absolute Gasteiger partial charge is 0.103 e. The molecule has 2 heterocycles. The van der Waals surface area contributed by atoms with Crippen molar-refractivity contribution >= 4 is 15.8 Å². The van der Waals surface area contributed by atoms with Gasteiger partial charge in [-0.25, -0.2) is 0 Å². The molecule has 0 saturated carbocycles. The standard InChI is InChI=1S/C18H36P2/c1-3-5-7-13-19-15-9-11-17(19)18-12-10-16-20(18)14-8-6-4-2/h17-18H,3-16H2,1-2H3/t17-,18-,19-,20?/m0/s1. The molecule has 0 N–H and O–H groups in total. The van der Waals surface area contributed by atoms with Crippen molar-refractivity contribution in [2.45, 2.75) is 89.4 Å². The molecule has 4 atom stereocenters. The van der Waals surface area contributed by atoms with E-state index in [1.807, 2.05) is 0 Å². The summed E-state index contributed by atoms with van der Waals surface area (Å²) < 4.78 is 0. The monoisotopic (exact) mass is 314 g/mol. The van der Waals surface area contributed by atoms with E-state index in [0.717, 1.165) is 0 Å². The molecule has 2 aliphatic rings. The molecule has 0 spiro atoms. The zero-order valence-corrected chi connectivity index (χ0v) is 15.7. The summed E-state index contributed by atoms with van der Waals surface area (Å²) in [6, 6.07) is 0. The summed E-state index contributed by atoms with van der Waals surface area (Å²) in [5.41, 5.74) is 2.44. The maximum atomic E-state index is 2.35. The first-order valence-corrected chi connectivity index (χ1v) is 12.9. The highest BCUT2D eigenvalue weighted by Crippen LogP contribution is 2.62. The van der Waals surface area contributed by atoms with Gasteiger partial charge in [-0.1, -0.05) is 39.5 Å². The van der Waals surface area contributed by atoms with Gasteiger partial charge in [0.15, 0.2) is 0 Å². The van der Waals surface area contributed by atoms with Crippen LogP contribution in [0, 0.1) is 0 Å². The van der Waals surface area contributed by atoms with E-state index in [1.54, 1.807) is 63.2 Å². The molecule has 2 heteroatoms. The number of hydrogen-bond donors (Lipinski definition) is 0. The Bertz CT molecular complexity index is 228. The number of hydrogen-bond acceptors (Lipinski definition) is 0. The van der Waals surface area contributed by atoms with Crippen LogP contribution in [0.3, 0.4) is 0 Å². The van der Waals surface area contributed by atoms with E-state index < -0.39 is 0 Å². The van der Waals surface area contributed by atoms with E-state index in [1.165, 1.54) is 37.0 Å². The molecule has 0 radical (unpaired) electrons. The molecule has 2 saturated heterocycles. The topological polar surface area (TPSA) is 0 Å². The maximum absolute atomic E-state index is 2.35. The van der Waals surface area contributed by atoms with Crippen molar-refractivity contribution in [3.05, 3.63) is 0 Å². The van der Waals surface area contributed by atoms with Crippen LogP contribution in [0.1, 0.15) is 78.1 Å². The lowest BCUT2D eigenvalue weighted by Gasteiger charge is -2.31. The molecule has 0 aliphatic carbocycles. The minimum absolute atomic E-state index is 0.440. The Morgan fingerprint density at radius 1 is 0.700 bits per heavy atom. The van der Waals surface area contributed by atoms with E-state index in [4.69, 9.17) is 0 Å². The summed E-state index contributed by atoms with van der Waals surface area (Å²) in [4.78, 5) is 0. The Hall–Kier alpha value is 0.860. The van der Waals surface area contributed by atoms with Gasteiger partial charge >= 0.3 is 0 Å². The molecule has 2 aliphatic heterocycles. The Kier molecular flexibility index (Phi) is 8.43. The van der Waals surface area contributed by atoms with Crippen LogP contribution in [0.5, 0.6) is 0 Å². The van der Waals surface area contributed by atoms with Gasteiger partial charge in [0.25, 0.3) is 0 Å². The van der Waals surface area contributed by atoms with Crippen LogP contribution in [-0.4, -0.2) is 36.0 Å². The summed E-state index contributed by atoms with van der Waals surface area (Å²) in [7, 11) is 0.880. The summed E-state index contributed by atoms with van der Waals surface area (Å²) >= 11 is 0. The van der Waals surface area contributed by atoms with E-state index in [9.17, 15) is 0 Å². The van der Waals surface area contributed by atoms with Gasteiger partial charge in [0.1, 0.15) is 0 Å². The van der Waals surface area contributed by atoms with Crippen molar-refractivity contribution in [1.82, 2.24) is 0 Å². The van der Waals surface area contributed by atoms with Gasteiger partial charge in [0, 0.05) is 0 Å². The number of unbranched alkanes of at least 4 members (excludes halogenated alkanes) is 4. The molecular formula is C18H36P2. The van der Waals surface area contributed by atoms with Crippen LogP contribution in [-0.2, 0) is 0 Å². The van der Waals surface area contributed by atoms with Crippen molar-refractivity contribution < 1.29 is 0 Å². The first kappa shape index (κ1) is 17.2. The molecule has 1 unspecified atom stereocenters. The van der Waals surface area contributed by atoms with Gasteiger partial charge in [-0.15, -0.1) is 15.8 Å². The van der Waals surface area contributed by atoms with Crippen molar-refractivity contribution in [3.8, 4) is 0 Å². The van der Waals surface area contributed by atoms with Gasteiger partial charge in [0.05, 0.1) is 0 Å². The maximum Gasteiger partial charge on any atom is -0.0141 e. The molecule has 118 valence electrons. The van der Waals surface area contributed by atoms with Crippen LogP contribution < -0.4 is 0 Å². The lowest BCUT2D eigenvalue weighted by atomic mass is 10.1. The minimum Gasteiger partial charge on any atom is -0.103 e. The van der Waals surface area contributed by atoms with Crippen molar-refractivity contribution in [1.29, 1.82) is 0 Å². The Labute approximate surface area is 130 Å². The third-order valence-corrected chi connectivity index (χ3v) is 12.3. The van der Waals surface area contributed by atoms with E-state index in [2.05, 4.69) is 13.8 Å². The highest BCUT2D eigenvalue weighted by atomic mass is 31.1. The smallest absolute Gasteiger partial charge is 0.0141 e. The fraction of sp³-hybridized carbons (Fsp3) is 1.00. The zero-order chi connectivity index (χ0) is 14.2. The Morgan fingerprint density at radius 2 is 1.15 bits per heavy atom. The van der Waals surface area contributed by atoms with Crippen LogP contribution in [0.4, 0.5) is 0 Å². The number of rotatable bonds is 9. The van der Waals surface area contributed by atoms with Gasteiger partial charge < -0.3 is 0 Å². The Morgan fingerprint density at radius 3 is 1.55 bits per heavy atom. The second-order valence-electron chi connectivity index (χ2n) is 6.91. The summed E-state index contributed by atoms with van der Waals surface area (Å²) in [5, 5.41) is 0. The second-order valence-corrected chi connectivity index (χ2v) is 12.4. The molecule has 0 amide bonds. The molecule has 2 fully saturated rings. The van der Waals surface area contributed by atoms with Crippen LogP contribution in [0.2, 0.25) is 0 Å². The SMILES string of the molecule is CCCCCP1CCC[C@H]1[C@@H]1CCC[P@]1CCCCC. The fourth-order valence-corrected chi connectivity index (χ4v) is 12.0. The molecule has 0 bridgehead atoms. The first-order chi connectivity index (χ1) is 9.86. The summed E-state index contributed by atoms with van der Waals surface area (Å²) in [6.45, 7) is 4.70. The second kappa shape index (κ2) is 9.79. The van der Waals surface area contributed by atoms with Gasteiger partial charge in [0.2, 0.25) is 0 Å². The highest BCUT2D eigenvalue weighted by molar-refractivity contribution is 7.63. The van der Waals surface area contributed by atoms with E-state index in [-0.39, 0.29) is 0 Å². The third kappa shape index (κ3) is 4.95. The van der Waals surface area contributed by atoms with Gasteiger partial charge in [-0.2, -0.15) is 0 Å². The van der Waals surface area contributed by atoms with Gasteiger partial charge in [-0.05, 0) is 74.5 Å². The van der Waals surface area contributed by atoms with Crippen molar-refractivity contribution in [3.63, 3.8) is 0 Å². The average molecular weight is 314 g/mol.